The Morgan fingerprint density at radius 2 is 2.00 bits per heavy atom. The highest BCUT2D eigenvalue weighted by Gasteiger charge is 2.28. The molecule has 0 aromatic carbocycles. The summed E-state index contributed by atoms with van der Waals surface area (Å²) in [6.07, 6.45) is -0.163. The molecule has 0 saturated heterocycles. The van der Waals surface area contributed by atoms with Crippen molar-refractivity contribution in [2.45, 2.75) is 19.8 Å². The molecule has 0 heterocycles. The molecule has 5 nitrogen and oxygen atoms in total. The molecule has 1 N–H and O–H groups in total. The minimum absolute atomic E-state index is 0.0167. The van der Waals surface area contributed by atoms with Gasteiger partial charge in [0.1, 0.15) is 0 Å². The Bertz CT molecular complexity index is 275. The zero-order chi connectivity index (χ0) is 12.1. The van der Waals surface area contributed by atoms with Crippen LogP contribution in [0.1, 0.15) is 19.8 Å². The quantitative estimate of drug-likeness (QED) is 0.507. The van der Waals surface area contributed by atoms with Crippen LogP contribution < -0.4 is 5.11 Å². The number of rotatable bonds is 6. The Kier molecular flexibility index (Phi) is 5.00. The van der Waals surface area contributed by atoms with Gasteiger partial charge in [-0.25, -0.2) is 4.48 Å². The van der Waals surface area contributed by atoms with Crippen molar-refractivity contribution < 1.29 is 24.3 Å². The number of hydrogen-bond acceptors (Lipinski definition) is 3. The molecule has 86 valence electrons. The number of quaternary nitrogens is 1. The van der Waals surface area contributed by atoms with Crippen molar-refractivity contribution in [3.8, 4) is 0 Å². The first-order chi connectivity index (χ1) is 6.83. The van der Waals surface area contributed by atoms with E-state index in [2.05, 4.69) is 6.58 Å². The molecule has 0 aliphatic carbocycles. The third-order valence-corrected chi connectivity index (χ3v) is 2.58. The van der Waals surface area contributed by atoms with Crippen molar-refractivity contribution >= 4 is 12.1 Å². The first-order valence-electron chi connectivity index (χ1n) is 4.80. The average molecular weight is 215 g/mol. The van der Waals surface area contributed by atoms with Crippen molar-refractivity contribution in [3.05, 3.63) is 12.2 Å². The van der Waals surface area contributed by atoms with E-state index in [-0.39, 0.29) is 16.5 Å². The molecule has 1 amide bonds. The number of nitrogens with zero attached hydrogens (tertiary/aromatic N) is 1. The molecule has 0 aromatic heterocycles. The highest BCUT2D eigenvalue weighted by atomic mass is 16.4. The van der Waals surface area contributed by atoms with Crippen LogP contribution in [0.5, 0.6) is 0 Å². The molecule has 0 fully saturated rings. The van der Waals surface area contributed by atoms with Gasteiger partial charge in [0.05, 0.1) is 26.1 Å². The standard InChI is InChI=1S/C10H17NO4/c1-4-11(3,10(14)15)7-5-6-8(2)9(12)13/h2,4-7H2,1,3H3,(H-,12,13,14,15). The van der Waals surface area contributed by atoms with Crippen LogP contribution in [-0.2, 0) is 4.79 Å². The van der Waals surface area contributed by atoms with E-state index in [1.807, 2.05) is 0 Å². The normalized spacial score (nSPS) is 14.3. The van der Waals surface area contributed by atoms with Gasteiger partial charge in [-0.3, -0.25) is 0 Å². The molecule has 0 aromatic rings. The number of carbonyl (C=O) groups is 2. The first kappa shape index (κ1) is 13.6. The van der Waals surface area contributed by atoms with Crippen molar-refractivity contribution in [1.82, 2.24) is 0 Å². The molecule has 0 rings (SSSR count). The fraction of sp³-hybridized carbons (Fsp3) is 0.600. The minimum atomic E-state index is -1.27. The van der Waals surface area contributed by atoms with Gasteiger partial charge in [0.15, 0.2) is 0 Å². The van der Waals surface area contributed by atoms with Gasteiger partial charge in [-0.15, -0.1) is 0 Å². The summed E-state index contributed by atoms with van der Waals surface area (Å²) in [6, 6.07) is 0. The van der Waals surface area contributed by atoms with Gasteiger partial charge in [0.25, 0.3) is 0 Å². The van der Waals surface area contributed by atoms with E-state index in [0.717, 1.165) is 0 Å². The van der Waals surface area contributed by atoms with Crippen LogP contribution in [0.25, 0.3) is 0 Å². The Hall–Kier alpha value is -1.36. The Balaban J connectivity index is 4.09. The third kappa shape index (κ3) is 4.12. The summed E-state index contributed by atoms with van der Waals surface area (Å²) in [5.41, 5.74) is 0.0167. The fourth-order valence-electron chi connectivity index (χ4n) is 1.13. The second-order valence-corrected chi connectivity index (χ2v) is 3.71. The van der Waals surface area contributed by atoms with E-state index >= 15 is 0 Å². The monoisotopic (exact) mass is 215 g/mol. The van der Waals surface area contributed by atoms with Crippen LogP contribution in [0, 0.1) is 0 Å². The zero-order valence-electron chi connectivity index (χ0n) is 9.15. The summed E-state index contributed by atoms with van der Waals surface area (Å²) in [5, 5.41) is 19.3. The molecule has 5 heteroatoms. The Morgan fingerprint density at radius 3 is 2.33 bits per heavy atom. The second kappa shape index (κ2) is 5.50. The molecule has 0 saturated carbocycles. The maximum atomic E-state index is 10.9. The fourth-order valence-corrected chi connectivity index (χ4v) is 1.13. The molecule has 1 unspecified atom stereocenters. The highest BCUT2D eigenvalue weighted by molar-refractivity contribution is 5.83. The van der Waals surface area contributed by atoms with Gasteiger partial charge in [-0.2, -0.15) is 4.79 Å². The molecule has 0 aliphatic heterocycles. The molecular weight excluding hydrogens is 198 g/mol. The van der Waals surface area contributed by atoms with E-state index < -0.39 is 12.1 Å². The van der Waals surface area contributed by atoms with E-state index in [1.54, 1.807) is 14.0 Å². The average Bonchev–Trinajstić information content (AvgIpc) is 2.16. The van der Waals surface area contributed by atoms with Gasteiger partial charge < -0.3 is 15.0 Å². The van der Waals surface area contributed by atoms with E-state index in [9.17, 15) is 14.7 Å². The number of amides is 1. The molecule has 1 atom stereocenters. The molecular formula is C10H17NO4. The predicted octanol–water partition coefficient (Wildman–Crippen LogP) is 0.217. The maximum absolute atomic E-state index is 10.9. The van der Waals surface area contributed by atoms with Crippen molar-refractivity contribution in [1.29, 1.82) is 0 Å². The van der Waals surface area contributed by atoms with E-state index in [0.29, 0.717) is 19.5 Å². The first-order valence-corrected chi connectivity index (χ1v) is 4.80. The topological polar surface area (TPSA) is 77.4 Å². The zero-order valence-corrected chi connectivity index (χ0v) is 9.15. The van der Waals surface area contributed by atoms with Crippen molar-refractivity contribution in [3.63, 3.8) is 0 Å². The molecule has 0 bridgehead atoms. The lowest BCUT2D eigenvalue weighted by molar-refractivity contribution is -0.835. The van der Waals surface area contributed by atoms with Crippen molar-refractivity contribution in [2.75, 3.05) is 20.1 Å². The SMILES string of the molecule is C=C(CCC[N+](C)(CC)C(=O)O)C(=O)[O-]. The van der Waals surface area contributed by atoms with E-state index in [1.165, 1.54) is 0 Å². The smallest absolute Gasteiger partial charge is 0.513 e. The molecule has 0 radical (unpaired) electrons. The van der Waals surface area contributed by atoms with Gasteiger partial charge >= 0.3 is 6.09 Å². The van der Waals surface area contributed by atoms with Crippen LogP contribution in [0.4, 0.5) is 4.79 Å². The summed E-state index contributed by atoms with van der Waals surface area (Å²) in [4.78, 5) is 21.2. The van der Waals surface area contributed by atoms with Gasteiger partial charge in [0.2, 0.25) is 0 Å². The maximum Gasteiger partial charge on any atom is 0.513 e. The largest absolute Gasteiger partial charge is 0.545 e. The Morgan fingerprint density at radius 1 is 1.47 bits per heavy atom. The number of carbonyl (C=O) groups excluding carboxylic acids is 1. The molecule has 0 aliphatic rings. The van der Waals surface area contributed by atoms with E-state index in [4.69, 9.17) is 5.11 Å². The number of aliphatic carboxylic acids is 1. The lowest BCUT2D eigenvalue weighted by Crippen LogP contribution is -2.48. The molecule has 0 spiro atoms. The number of carboxylic acid groups (broad SMARTS) is 2. The summed E-state index contributed by atoms with van der Waals surface area (Å²) >= 11 is 0. The van der Waals surface area contributed by atoms with Gasteiger partial charge in [0, 0.05) is 6.42 Å². The van der Waals surface area contributed by atoms with Gasteiger partial charge in [-0.1, -0.05) is 6.58 Å². The second-order valence-electron chi connectivity index (χ2n) is 3.71. The lowest BCUT2D eigenvalue weighted by Gasteiger charge is -2.26. The summed E-state index contributed by atoms with van der Waals surface area (Å²) in [7, 11) is 1.60. The summed E-state index contributed by atoms with van der Waals surface area (Å²) < 4.78 is -0.111. The van der Waals surface area contributed by atoms with Crippen LogP contribution >= 0.6 is 0 Å². The van der Waals surface area contributed by atoms with Crippen molar-refractivity contribution in [2.24, 2.45) is 0 Å². The minimum Gasteiger partial charge on any atom is -0.545 e. The summed E-state index contributed by atoms with van der Waals surface area (Å²) in [5.74, 6) is -1.27. The lowest BCUT2D eigenvalue weighted by atomic mass is 10.1. The third-order valence-electron chi connectivity index (χ3n) is 2.58. The molecule has 15 heavy (non-hydrogen) atoms. The van der Waals surface area contributed by atoms with Gasteiger partial charge in [-0.05, 0) is 18.9 Å². The van der Waals surface area contributed by atoms with Crippen LogP contribution in [0.15, 0.2) is 12.2 Å². The van der Waals surface area contributed by atoms with Crippen LogP contribution in [0.2, 0.25) is 0 Å². The predicted molar refractivity (Wildman–Crippen MR) is 53.0 cm³/mol. The number of carboxylic acids is 1. The summed E-state index contributed by atoms with van der Waals surface area (Å²) in [6.45, 7) is 5.96. The number of hydrogen-bond donors (Lipinski definition) is 1. The van der Waals surface area contributed by atoms with Crippen LogP contribution in [0.3, 0.4) is 0 Å². The Labute approximate surface area is 89.2 Å². The highest BCUT2D eigenvalue weighted by Crippen LogP contribution is 2.09. The van der Waals surface area contributed by atoms with Crippen LogP contribution in [-0.4, -0.2) is 41.8 Å².